The Morgan fingerprint density at radius 2 is 1.81 bits per heavy atom. The summed E-state index contributed by atoms with van der Waals surface area (Å²) in [7, 11) is 0. The van der Waals surface area contributed by atoms with Gasteiger partial charge < -0.3 is 14.6 Å². The van der Waals surface area contributed by atoms with Gasteiger partial charge in [-0.3, -0.25) is 0 Å². The summed E-state index contributed by atoms with van der Waals surface area (Å²) in [5.41, 5.74) is 5.66. The third-order valence-electron chi connectivity index (χ3n) is 5.69. The molecule has 158 valence electrons. The number of ether oxygens (including phenoxy) is 1. The Balaban J connectivity index is 1.22. The largest absolute Gasteiger partial charge is 0.378 e. The average molecular weight is 415 g/mol. The van der Waals surface area contributed by atoms with Crippen LogP contribution < -0.4 is 4.90 Å². The molecule has 0 unspecified atom stereocenters. The van der Waals surface area contributed by atoms with E-state index in [9.17, 15) is 0 Å². The Morgan fingerprint density at radius 3 is 2.65 bits per heavy atom. The molecule has 0 amide bonds. The summed E-state index contributed by atoms with van der Waals surface area (Å²) in [6.07, 6.45) is 12.2. The van der Waals surface area contributed by atoms with Crippen molar-refractivity contribution in [3.8, 4) is 0 Å². The van der Waals surface area contributed by atoms with Crippen molar-refractivity contribution in [2.24, 2.45) is 0 Å². The quantitative estimate of drug-likeness (QED) is 0.522. The number of H-pyrrole nitrogens is 1. The number of aromatic nitrogens is 5. The number of aromatic amines is 1. The monoisotopic (exact) mass is 414 g/mol. The Hall–Kier alpha value is -3.32. The Labute approximate surface area is 181 Å². The van der Waals surface area contributed by atoms with Crippen LogP contribution in [0.25, 0.3) is 11.0 Å². The lowest BCUT2D eigenvalue weighted by molar-refractivity contribution is 0.122. The van der Waals surface area contributed by atoms with E-state index in [4.69, 9.17) is 4.74 Å². The van der Waals surface area contributed by atoms with Crippen LogP contribution >= 0.6 is 0 Å². The molecule has 0 saturated carbocycles. The summed E-state index contributed by atoms with van der Waals surface area (Å²) in [5.74, 6) is 1.89. The van der Waals surface area contributed by atoms with Crippen molar-refractivity contribution in [3.05, 3.63) is 77.3 Å². The maximum atomic E-state index is 5.43. The zero-order valence-corrected chi connectivity index (χ0v) is 17.7. The van der Waals surface area contributed by atoms with Crippen molar-refractivity contribution in [2.75, 3.05) is 31.2 Å². The minimum Gasteiger partial charge on any atom is -0.378 e. The summed E-state index contributed by atoms with van der Waals surface area (Å²) in [6, 6.07) is 6.42. The zero-order chi connectivity index (χ0) is 21.0. The minimum atomic E-state index is 0.765. The van der Waals surface area contributed by atoms with Gasteiger partial charge in [0, 0.05) is 62.3 Å². The molecule has 31 heavy (non-hydrogen) atoms. The van der Waals surface area contributed by atoms with Crippen LogP contribution in [-0.4, -0.2) is 51.2 Å². The third-order valence-corrected chi connectivity index (χ3v) is 5.69. The van der Waals surface area contributed by atoms with Crippen LogP contribution in [0.3, 0.4) is 0 Å². The first-order chi connectivity index (χ1) is 15.2. The molecule has 5 heterocycles. The van der Waals surface area contributed by atoms with Crippen LogP contribution in [0.5, 0.6) is 0 Å². The third kappa shape index (κ3) is 4.56. The zero-order valence-electron chi connectivity index (χ0n) is 17.7. The van der Waals surface area contributed by atoms with Gasteiger partial charge in [0.25, 0.3) is 0 Å². The van der Waals surface area contributed by atoms with E-state index in [-0.39, 0.29) is 0 Å². The Bertz CT molecular complexity index is 1160. The fourth-order valence-corrected chi connectivity index (χ4v) is 3.97. The molecular weight excluding hydrogens is 388 g/mol. The van der Waals surface area contributed by atoms with Gasteiger partial charge in [-0.1, -0.05) is 0 Å². The molecular formula is C24H26N6O. The van der Waals surface area contributed by atoms with Crippen molar-refractivity contribution in [2.45, 2.75) is 26.2 Å². The number of morpholine rings is 1. The maximum Gasteiger partial charge on any atom is 0.137 e. The van der Waals surface area contributed by atoms with Crippen molar-refractivity contribution < 1.29 is 4.74 Å². The number of hydrogen-bond acceptors (Lipinski definition) is 6. The van der Waals surface area contributed by atoms with Gasteiger partial charge in [-0.2, -0.15) is 0 Å². The van der Waals surface area contributed by atoms with Crippen LogP contribution in [0.15, 0.2) is 49.2 Å². The van der Waals surface area contributed by atoms with E-state index in [1.807, 2.05) is 31.0 Å². The first-order valence-electron chi connectivity index (χ1n) is 10.7. The van der Waals surface area contributed by atoms with Gasteiger partial charge in [0.05, 0.1) is 13.2 Å². The molecule has 0 atom stereocenters. The summed E-state index contributed by atoms with van der Waals surface area (Å²) in [4.78, 5) is 23.7. The molecule has 0 aromatic carbocycles. The smallest absolute Gasteiger partial charge is 0.137 e. The molecule has 0 aliphatic carbocycles. The Kier molecular flexibility index (Phi) is 5.58. The lowest BCUT2D eigenvalue weighted by atomic mass is 10.1. The SMILES string of the molecule is Cc1cnc2[nH]cc(Cc3cnc(CCc4ccnc(N5CCOCC5)c4)nc3)c2c1. The first kappa shape index (κ1) is 19.6. The molecule has 0 radical (unpaired) electrons. The van der Waals surface area contributed by atoms with Crippen LogP contribution in [-0.2, 0) is 24.0 Å². The normalized spacial score (nSPS) is 14.3. The standard InChI is InChI=1S/C24H26N6O/c1-17-10-21-20(16-29-24(21)28-13-17)11-19-14-26-22(27-15-19)3-2-18-4-5-25-23(12-18)30-6-8-31-9-7-30/h4-5,10,12-16H,2-3,6-9,11H2,1H3,(H,28,29). The molecule has 5 rings (SSSR count). The van der Waals surface area contributed by atoms with Crippen molar-refractivity contribution in [1.82, 2.24) is 24.9 Å². The highest BCUT2D eigenvalue weighted by Gasteiger charge is 2.13. The molecule has 0 spiro atoms. The molecule has 7 heteroatoms. The van der Waals surface area contributed by atoms with Gasteiger partial charge in [0.2, 0.25) is 0 Å². The second-order valence-corrected chi connectivity index (χ2v) is 8.03. The molecule has 1 aliphatic heterocycles. The Morgan fingerprint density at radius 1 is 0.968 bits per heavy atom. The number of aryl methyl sites for hydroxylation is 3. The van der Waals surface area contributed by atoms with Crippen molar-refractivity contribution >= 4 is 16.9 Å². The highest BCUT2D eigenvalue weighted by Crippen LogP contribution is 2.20. The second kappa shape index (κ2) is 8.81. The molecule has 4 aromatic rings. The molecule has 1 N–H and O–H groups in total. The van der Waals surface area contributed by atoms with Crippen molar-refractivity contribution in [3.63, 3.8) is 0 Å². The van der Waals surface area contributed by atoms with Crippen LogP contribution in [0, 0.1) is 6.92 Å². The lowest BCUT2D eigenvalue weighted by Gasteiger charge is -2.28. The summed E-state index contributed by atoms with van der Waals surface area (Å²) in [6.45, 7) is 5.38. The number of anilines is 1. The lowest BCUT2D eigenvalue weighted by Crippen LogP contribution is -2.36. The van der Waals surface area contributed by atoms with Crippen LogP contribution in [0.1, 0.15) is 28.1 Å². The van der Waals surface area contributed by atoms with Crippen LogP contribution in [0.4, 0.5) is 5.82 Å². The number of pyridine rings is 2. The number of nitrogens with one attached hydrogen (secondary N) is 1. The minimum absolute atomic E-state index is 0.765. The predicted octanol–water partition coefficient (Wildman–Crippen LogP) is 3.27. The van der Waals surface area contributed by atoms with Crippen LogP contribution in [0.2, 0.25) is 0 Å². The van der Waals surface area contributed by atoms with Gasteiger partial charge in [0.15, 0.2) is 0 Å². The van der Waals surface area contributed by atoms with Gasteiger partial charge in [0.1, 0.15) is 17.3 Å². The predicted molar refractivity (Wildman–Crippen MR) is 120 cm³/mol. The molecule has 1 fully saturated rings. The topological polar surface area (TPSA) is 79.8 Å². The fourth-order valence-electron chi connectivity index (χ4n) is 3.97. The first-order valence-corrected chi connectivity index (χ1v) is 10.7. The van der Waals surface area contributed by atoms with Gasteiger partial charge >= 0.3 is 0 Å². The highest BCUT2D eigenvalue weighted by molar-refractivity contribution is 5.80. The van der Waals surface area contributed by atoms with Gasteiger partial charge in [-0.25, -0.2) is 19.9 Å². The summed E-state index contributed by atoms with van der Waals surface area (Å²) >= 11 is 0. The number of rotatable bonds is 6. The van der Waals surface area contributed by atoms with E-state index in [0.29, 0.717) is 0 Å². The summed E-state index contributed by atoms with van der Waals surface area (Å²) in [5, 5.41) is 1.16. The maximum absolute atomic E-state index is 5.43. The van der Waals surface area contributed by atoms with Gasteiger partial charge in [-0.15, -0.1) is 0 Å². The van der Waals surface area contributed by atoms with E-state index in [2.05, 4.69) is 54.9 Å². The highest BCUT2D eigenvalue weighted by atomic mass is 16.5. The van der Waals surface area contributed by atoms with E-state index < -0.39 is 0 Å². The average Bonchev–Trinajstić information content (AvgIpc) is 3.21. The molecule has 4 aromatic heterocycles. The fraction of sp³-hybridized carbons (Fsp3) is 0.333. The van der Waals surface area contributed by atoms with Crippen molar-refractivity contribution in [1.29, 1.82) is 0 Å². The molecule has 0 bridgehead atoms. The van der Waals surface area contributed by atoms with Gasteiger partial charge in [-0.05, 0) is 53.8 Å². The molecule has 7 nitrogen and oxygen atoms in total. The molecule has 1 aliphatic rings. The number of fused-ring (bicyclic) bond motifs is 1. The van der Waals surface area contributed by atoms with E-state index in [1.54, 1.807) is 0 Å². The van der Waals surface area contributed by atoms with E-state index >= 15 is 0 Å². The van der Waals surface area contributed by atoms with E-state index in [1.165, 1.54) is 11.1 Å². The summed E-state index contributed by atoms with van der Waals surface area (Å²) < 4.78 is 5.43. The van der Waals surface area contributed by atoms with E-state index in [0.717, 1.165) is 79.4 Å². The number of hydrogen-bond donors (Lipinski definition) is 1. The second-order valence-electron chi connectivity index (χ2n) is 8.03. The number of nitrogens with zero attached hydrogens (tertiary/aromatic N) is 5. The molecule has 1 saturated heterocycles.